The zero-order chi connectivity index (χ0) is 23.6. The van der Waals surface area contributed by atoms with Crippen molar-refractivity contribution in [1.82, 2.24) is 9.55 Å². The molecule has 3 nitrogen and oxygen atoms in total. The Morgan fingerprint density at radius 3 is 1.82 bits per heavy atom. The quantitative estimate of drug-likeness (QED) is 0.219. The molecule has 2 N–H and O–H groups in total. The number of nitrogen functional groups attached to an aromatic ring is 1. The molecule has 0 atom stereocenters. The van der Waals surface area contributed by atoms with Crippen LogP contribution in [0.2, 0.25) is 0 Å². The number of anilines is 1. The first kappa shape index (κ1) is 23.8. The Bertz CT molecular complexity index is 1130. The monoisotopic (exact) mass is 451 g/mol. The summed E-state index contributed by atoms with van der Waals surface area (Å²) in [5, 5.41) is 0. The number of aryl methyl sites for hydroxylation is 1. The summed E-state index contributed by atoms with van der Waals surface area (Å²) in [6, 6.07) is 29.5. The molecule has 0 aliphatic heterocycles. The highest BCUT2D eigenvalue weighted by atomic mass is 15.2. The molecule has 1 aromatic heterocycles. The van der Waals surface area contributed by atoms with E-state index in [1.54, 1.807) is 0 Å². The zero-order valence-corrected chi connectivity index (χ0v) is 20.4. The van der Waals surface area contributed by atoms with Gasteiger partial charge in [0, 0.05) is 16.8 Å². The van der Waals surface area contributed by atoms with Crippen molar-refractivity contribution >= 4 is 5.95 Å². The Kier molecular flexibility index (Phi) is 8.56. The van der Waals surface area contributed by atoms with Gasteiger partial charge in [0.05, 0.1) is 11.4 Å². The third kappa shape index (κ3) is 5.96. The largest absolute Gasteiger partial charge is 0.369 e. The van der Waals surface area contributed by atoms with Crippen LogP contribution in [-0.4, -0.2) is 9.55 Å². The number of nitrogens with zero attached hydrogens (tertiary/aromatic N) is 2. The number of benzene rings is 3. The second-order valence-electron chi connectivity index (χ2n) is 9.13. The molecule has 0 amide bonds. The molecule has 0 aliphatic carbocycles. The van der Waals surface area contributed by atoms with Gasteiger partial charge in [-0.25, -0.2) is 4.98 Å². The van der Waals surface area contributed by atoms with Gasteiger partial charge < -0.3 is 5.73 Å². The highest BCUT2D eigenvalue weighted by Gasteiger charge is 2.19. The van der Waals surface area contributed by atoms with Crippen molar-refractivity contribution in [3.63, 3.8) is 0 Å². The van der Waals surface area contributed by atoms with Crippen LogP contribution in [0.1, 0.15) is 63.9 Å². The van der Waals surface area contributed by atoms with Crippen molar-refractivity contribution in [2.75, 3.05) is 5.73 Å². The van der Waals surface area contributed by atoms with E-state index in [1.807, 2.05) is 24.3 Å². The number of rotatable bonds is 12. The van der Waals surface area contributed by atoms with Gasteiger partial charge in [-0.3, -0.25) is 4.57 Å². The van der Waals surface area contributed by atoms with Gasteiger partial charge in [-0.1, -0.05) is 125 Å². The highest BCUT2D eigenvalue weighted by molar-refractivity contribution is 5.82. The Labute approximate surface area is 204 Å². The standard InChI is InChI=1S/C31H37N3/c1-2-3-4-5-6-7-8-11-16-25-21-23-28(24-22-25)34-30(27-19-14-10-15-20-27)29(33-31(34)32)26-17-12-9-13-18-26/h9-10,12-15,17-24H,2-8,11,16H2,1H3,(H2,32,33). The van der Waals surface area contributed by atoms with E-state index in [0.717, 1.165) is 34.6 Å². The lowest BCUT2D eigenvalue weighted by atomic mass is 10.0. The first-order valence-corrected chi connectivity index (χ1v) is 12.9. The fourth-order valence-electron chi connectivity index (χ4n) is 4.63. The van der Waals surface area contributed by atoms with E-state index in [2.05, 4.69) is 72.2 Å². The van der Waals surface area contributed by atoms with Gasteiger partial charge in [0.1, 0.15) is 0 Å². The zero-order valence-electron chi connectivity index (χ0n) is 20.4. The minimum Gasteiger partial charge on any atom is -0.369 e. The molecule has 0 spiro atoms. The maximum absolute atomic E-state index is 6.50. The van der Waals surface area contributed by atoms with E-state index >= 15 is 0 Å². The molecular weight excluding hydrogens is 414 g/mol. The van der Waals surface area contributed by atoms with E-state index < -0.39 is 0 Å². The summed E-state index contributed by atoms with van der Waals surface area (Å²) >= 11 is 0. The number of imidazole rings is 1. The third-order valence-electron chi connectivity index (χ3n) is 6.51. The normalized spacial score (nSPS) is 11.1. The minimum absolute atomic E-state index is 0.508. The summed E-state index contributed by atoms with van der Waals surface area (Å²) < 4.78 is 2.08. The summed E-state index contributed by atoms with van der Waals surface area (Å²) in [4.78, 5) is 4.79. The van der Waals surface area contributed by atoms with Gasteiger partial charge in [-0.05, 0) is 30.5 Å². The molecule has 4 aromatic rings. The SMILES string of the molecule is CCCCCCCCCCc1ccc(-n2c(N)nc(-c3ccccc3)c2-c2ccccc2)cc1. The van der Waals surface area contributed by atoms with Crippen LogP contribution in [0, 0.1) is 0 Å². The highest BCUT2D eigenvalue weighted by Crippen LogP contribution is 2.36. The maximum Gasteiger partial charge on any atom is 0.205 e. The fraction of sp³-hybridized carbons (Fsp3) is 0.323. The van der Waals surface area contributed by atoms with Gasteiger partial charge in [0.25, 0.3) is 0 Å². The molecule has 4 rings (SSSR count). The van der Waals surface area contributed by atoms with Crippen molar-refractivity contribution in [1.29, 1.82) is 0 Å². The van der Waals surface area contributed by atoms with E-state index in [-0.39, 0.29) is 0 Å². The maximum atomic E-state index is 6.50. The van der Waals surface area contributed by atoms with E-state index in [1.165, 1.54) is 56.9 Å². The molecule has 34 heavy (non-hydrogen) atoms. The number of hydrogen-bond donors (Lipinski definition) is 1. The van der Waals surface area contributed by atoms with Gasteiger partial charge in [0.15, 0.2) is 0 Å². The van der Waals surface area contributed by atoms with E-state index in [0.29, 0.717) is 5.95 Å². The van der Waals surface area contributed by atoms with Crippen LogP contribution in [0.15, 0.2) is 84.9 Å². The summed E-state index contributed by atoms with van der Waals surface area (Å²) in [6.45, 7) is 2.27. The van der Waals surface area contributed by atoms with E-state index in [9.17, 15) is 0 Å². The molecule has 0 aliphatic rings. The fourth-order valence-corrected chi connectivity index (χ4v) is 4.63. The number of nitrogens with two attached hydrogens (primary N) is 1. The van der Waals surface area contributed by atoms with Crippen molar-refractivity contribution in [3.05, 3.63) is 90.5 Å². The lowest BCUT2D eigenvalue weighted by Crippen LogP contribution is -2.03. The predicted molar refractivity (Wildman–Crippen MR) is 145 cm³/mol. The van der Waals surface area contributed by atoms with Crippen LogP contribution >= 0.6 is 0 Å². The number of hydrogen-bond acceptors (Lipinski definition) is 2. The van der Waals surface area contributed by atoms with Crippen LogP contribution in [0.3, 0.4) is 0 Å². The van der Waals surface area contributed by atoms with Gasteiger partial charge >= 0.3 is 0 Å². The van der Waals surface area contributed by atoms with Crippen molar-refractivity contribution in [3.8, 4) is 28.2 Å². The van der Waals surface area contributed by atoms with Crippen LogP contribution in [0.5, 0.6) is 0 Å². The second kappa shape index (κ2) is 12.2. The van der Waals surface area contributed by atoms with Gasteiger partial charge in [-0.2, -0.15) is 0 Å². The van der Waals surface area contributed by atoms with Crippen LogP contribution in [0.4, 0.5) is 5.95 Å². The number of unbranched alkanes of at least 4 members (excludes halogenated alkanes) is 7. The summed E-state index contributed by atoms with van der Waals surface area (Å²) in [5.74, 6) is 0.508. The first-order valence-electron chi connectivity index (χ1n) is 12.9. The summed E-state index contributed by atoms with van der Waals surface area (Å²) in [7, 11) is 0. The molecule has 0 unspecified atom stereocenters. The molecule has 0 saturated carbocycles. The molecule has 0 bridgehead atoms. The first-order chi connectivity index (χ1) is 16.8. The van der Waals surface area contributed by atoms with Crippen LogP contribution in [0.25, 0.3) is 28.2 Å². The molecule has 176 valence electrons. The average molecular weight is 452 g/mol. The summed E-state index contributed by atoms with van der Waals surface area (Å²) in [5.41, 5.74) is 13.0. The molecule has 3 aromatic carbocycles. The smallest absolute Gasteiger partial charge is 0.205 e. The molecule has 3 heteroatoms. The topological polar surface area (TPSA) is 43.8 Å². The minimum atomic E-state index is 0.508. The molecule has 0 fully saturated rings. The average Bonchev–Trinajstić information content (AvgIpc) is 3.24. The number of aromatic nitrogens is 2. The molecular formula is C31H37N3. The van der Waals surface area contributed by atoms with Gasteiger partial charge in [0.2, 0.25) is 5.95 Å². The molecule has 0 radical (unpaired) electrons. The van der Waals surface area contributed by atoms with Gasteiger partial charge in [-0.15, -0.1) is 0 Å². The molecule has 1 heterocycles. The molecule has 0 saturated heterocycles. The second-order valence-corrected chi connectivity index (χ2v) is 9.13. The van der Waals surface area contributed by atoms with E-state index in [4.69, 9.17) is 10.7 Å². The Hall–Kier alpha value is -3.33. The van der Waals surface area contributed by atoms with Crippen molar-refractivity contribution < 1.29 is 0 Å². The Balaban J connectivity index is 1.50. The summed E-state index contributed by atoms with van der Waals surface area (Å²) in [6.07, 6.45) is 11.9. The lowest BCUT2D eigenvalue weighted by Gasteiger charge is -2.13. The van der Waals surface area contributed by atoms with Crippen LogP contribution < -0.4 is 5.73 Å². The Morgan fingerprint density at radius 2 is 1.21 bits per heavy atom. The third-order valence-corrected chi connectivity index (χ3v) is 6.51. The van der Waals surface area contributed by atoms with Crippen molar-refractivity contribution in [2.45, 2.75) is 64.7 Å². The predicted octanol–water partition coefficient (Wildman–Crippen LogP) is 8.47. The lowest BCUT2D eigenvalue weighted by molar-refractivity contribution is 0.575. The van der Waals surface area contributed by atoms with Crippen molar-refractivity contribution in [2.24, 2.45) is 0 Å². The Morgan fingerprint density at radius 1 is 0.647 bits per heavy atom. The van der Waals surface area contributed by atoms with Crippen LogP contribution in [-0.2, 0) is 6.42 Å².